The van der Waals surface area contributed by atoms with Crippen molar-refractivity contribution in [3.05, 3.63) is 102 Å². The molecule has 1 aliphatic carbocycles. The lowest BCUT2D eigenvalue weighted by molar-refractivity contribution is 0.210. The van der Waals surface area contributed by atoms with Crippen LogP contribution in [0.15, 0.2) is 79.0 Å². The first-order chi connectivity index (χ1) is 18.5. The largest absolute Gasteiger partial charge is 0.506 e. The Hall–Kier alpha value is -3.84. The number of benzene rings is 2. The van der Waals surface area contributed by atoms with Gasteiger partial charge in [-0.1, -0.05) is 18.2 Å². The summed E-state index contributed by atoms with van der Waals surface area (Å²) in [7, 11) is 0. The molecule has 2 aromatic carbocycles. The summed E-state index contributed by atoms with van der Waals surface area (Å²) in [5.74, 6) is 1.14. The van der Waals surface area contributed by atoms with Gasteiger partial charge in [-0.05, 0) is 112 Å². The van der Waals surface area contributed by atoms with Crippen LogP contribution in [-0.4, -0.2) is 25.9 Å². The monoisotopic (exact) mass is 524 g/mol. The molecule has 4 aromatic rings. The molecule has 7 heteroatoms. The third-order valence-electron chi connectivity index (χ3n) is 7.73. The van der Waals surface area contributed by atoms with Crippen molar-refractivity contribution in [2.45, 2.75) is 57.7 Å². The quantitative estimate of drug-likeness (QED) is 0.274. The number of rotatable bonds is 6. The Kier molecular flexibility index (Phi) is 6.54. The molecule has 1 saturated carbocycles. The summed E-state index contributed by atoms with van der Waals surface area (Å²) in [6.07, 6.45) is 6.87. The van der Waals surface area contributed by atoms with E-state index in [1.807, 2.05) is 54.7 Å². The van der Waals surface area contributed by atoms with Crippen molar-refractivity contribution in [2.24, 2.45) is 0 Å². The number of aromatic hydroxyl groups is 1. The van der Waals surface area contributed by atoms with Gasteiger partial charge in [0.1, 0.15) is 11.5 Å². The number of pyridine rings is 1. The summed E-state index contributed by atoms with van der Waals surface area (Å²) in [6.45, 7) is 4.17. The highest BCUT2D eigenvalue weighted by molar-refractivity contribution is 7.80. The fraction of sp³-hybridized carbons (Fsp3) is 0.290. The summed E-state index contributed by atoms with van der Waals surface area (Å²) in [4.78, 5) is 6.87. The molecule has 3 heterocycles. The second-order valence-corrected chi connectivity index (χ2v) is 10.6. The summed E-state index contributed by atoms with van der Waals surface area (Å²) >= 11 is 5.93. The van der Waals surface area contributed by atoms with Crippen molar-refractivity contribution >= 4 is 23.0 Å². The number of phenols is 1. The van der Waals surface area contributed by atoms with Crippen molar-refractivity contribution < 1.29 is 9.84 Å². The number of hydrogen-bond acceptors (Lipinski definition) is 4. The van der Waals surface area contributed by atoms with Gasteiger partial charge in [-0.2, -0.15) is 0 Å². The average molecular weight is 525 g/mol. The van der Waals surface area contributed by atoms with Gasteiger partial charge in [0.15, 0.2) is 5.11 Å². The minimum atomic E-state index is -0.142. The molecular formula is C31H32N4O2S. The fourth-order valence-corrected chi connectivity index (χ4v) is 6.29. The predicted molar refractivity (Wildman–Crippen MR) is 154 cm³/mol. The van der Waals surface area contributed by atoms with Crippen LogP contribution < -0.4 is 15.0 Å². The number of aryl methyl sites for hydroxylation is 1. The molecule has 1 aliphatic heterocycles. The maximum atomic E-state index is 10.6. The second kappa shape index (κ2) is 10.1. The van der Waals surface area contributed by atoms with Crippen LogP contribution in [0.5, 0.6) is 11.5 Å². The molecule has 2 N–H and O–H groups in total. The number of nitrogens with zero attached hydrogens (tertiary/aromatic N) is 3. The molecule has 2 aliphatic rings. The van der Waals surface area contributed by atoms with E-state index in [-0.39, 0.29) is 17.8 Å². The first kappa shape index (κ1) is 24.5. The van der Waals surface area contributed by atoms with Gasteiger partial charge in [0, 0.05) is 23.3 Å². The summed E-state index contributed by atoms with van der Waals surface area (Å²) < 4.78 is 8.33. The van der Waals surface area contributed by atoms with Crippen molar-refractivity contribution in [3.63, 3.8) is 0 Å². The Balaban J connectivity index is 1.42. The molecule has 0 bridgehead atoms. The van der Waals surface area contributed by atoms with Gasteiger partial charge in [-0.3, -0.25) is 4.98 Å². The highest BCUT2D eigenvalue weighted by Crippen LogP contribution is 2.44. The van der Waals surface area contributed by atoms with E-state index in [9.17, 15) is 5.11 Å². The molecule has 2 fully saturated rings. The minimum Gasteiger partial charge on any atom is -0.506 e. The SMILES string of the molecule is Cc1cc(C2C(c3ccccn3)NC(=S)N2c2ccc(OC3CCCC3)cc2)c(C)n1-c1ccccc1O. The molecule has 1 saturated heterocycles. The number of thiocarbonyl (C=S) groups is 1. The van der Waals surface area contributed by atoms with E-state index in [0.717, 1.165) is 52.6 Å². The fourth-order valence-electron chi connectivity index (χ4n) is 5.94. The van der Waals surface area contributed by atoms with E-state index in [0.29, 0.717) is 11.2 Å². The number of anilines is 1. The number of phenolic OH excluding ortho intramolecular Hbond substituents is 1. The van der Waals surface area contributed by atoms with E-state index in [2.05, 4.69) is 51.8 Å². The zero-order chi connectivity index (χ0) is 26.2. The standard InChI is InChI=1S/C31H32N4O2S/c1-20-19-25(21(2)34(20)27-12-5-6-13-28(27)36)30-29(26-11-7-8-18-32-26)33-31(38)35(30)22-14-16-24(17-15-22)37-23-9-3-4-10-23/h5-8,11-19,23,29-30,36H,3-4,9-10H2,1-2H3,(H,33,38). The predicted octanol–water partition coefficient (Wildman–Crippen LogP) is 6.69. The molecule has 2 aromatic heterocycles. The van der Waals surface area contributed by atoms with E-state index in [1.165, 1.54) is 12.8 Å². The Labute approximate surface area is 228 Å². The topological polar surface area (TPSA) is 62.5 Å². The van der Waals surface area contributed by atoms with Crippen LogP contribution in [-0.2, 0) is 0 Å². The summed E-state index contributed by atoms with van der Waals surface area (Å²) in [5.41, 5.74) is 5.90. The van der Waals surface area contributed by atoms with E-state index in [4.69, 9.17) is 17.0 Å². The van der Waals surface area contributed by atoms with E-state index < -0.39 is 0 Å². The molecular weight excluding hydrogens is 492 g/mol. The van der Waals surface area contributed by atoms with Crippen molar-refractivity contribution in [1.29, 1.82) is 0 Å². The van der Waals surface area contributed by atoms with Crippen LogP contribution in [0.4, 0.5) is 5.69 Å². The molecule has 2 unspecified atom stereocenters. The van der Waals surface area contributed by atoms with Crippen molar-refractivity contribution in [2.75, 3.05) is 4.90 Å². The number of hydrogen-bond donors (Lipinski definition) is 2. The van der Waals surface area contributed by atoms with Crippen LogP contribution in [0.3, 0.4) is 0 Å². The van der Waals surface area contributed by atoms with Gasteiger partial charge < -0.3 is 24.6 Å². The van der Waals surface area contributed by atoms with E-state index >= 15 is 0 Å². The summed E-state index contributed by atoms with van der Waals surface area (Å²) in [5, 5.41) is 14.8. The third kappa shape index (κ3) is 4.41. The number of nitrogens with one attached hydrogen (secondary N) is 1. The molecule has 6 rings (SSSR count). The smallest absolute Gasteiger partial charge is 0.174 e. The second-order valence-electron chi connectivity index (χ2n) is 10.2. The number of para-hydroxylation sites is 2. The van der Waals surface area contributed by atoms with Gasteiger partial charge in [0.2, 0.25) is 0 Å². The van der Waals surface area contributed by atoms with Gasteiger partial charge in [-0.15, -0.1) is 0 Å². The van der Waals surface area contributed by atoms with Gasteiger partial charge in [-0.25, -0.2) is 0 Å². The molecule has 38 heavy (non-hydrogen) atoms. The van der Waals surface area contributed by atoms with Crippen LogP contribution in [0.25, 0.3) is 5.69 Å². The number of ether oxygens (including phenoxy) is 1. The zero-order valence-electron chi connectivity index (χ0n) is 21.7. The molecule has 0 radical (unpaired) electrons. The highest BCUT2D eigenvalue weighted by Gasteiger charge is 2.42. The average Bonchev–Trinajstić information content (AvgIpc) is 3.63. The van der Waals surface area contributed by atoms with Crippen molar-refractivity contribution in [1.82, 2.24) is 14.9 Å². The normalized spacial score (nSPS) is 19.6. The lowest BCUT2D eigenvalue weighted by Crippen LogP contribution is -2.29. The Bertz CT molecular complexity index is 1440. The van der Waals surface area contributed by atoms with E-state index in [1.54, 1.807) is 6.07 Å². The third-order valence-corrected chi connectivity index (χ3v) is 8.04. The molecule has 0 spiro atoms. The molecule has 0 amide bonds. The maximum Gasteiger partial charge on any atom is 0.174 e. The molecule has 6 nitrogen and oxygen atoms in total. The Morgan fingerprint density at radius 1 is 0.974 bits per heavy atom. The lowest BCUT2D eigenvalue weighted by atomic mass is 9.96. The van der Waals surface area contributed by atoms with Crippen molar-refractivity contribution in [3.8, 4) is 17.2 Å². The van der Waals surface area contributed by atoms with Crippen LogP contribution in [0.2, 0.25) is 0 Å². The van der Waals surface area contributed by atoms with Crippen LogP contribution in [0.1, 0.15) is 60.4 Å². The molecule has 194 valence electrons. The minimum absolute atomic E-state index is 0.134. The van der Waals surface area contributed by atoms with Gasteiger partial charge in [0.25, 0.3) is 0 Å². The first-order valence-corrected chi connectivity index (χ1v) is 13.7. The Morgan fingerprint density at radius 3 is 2.42 bits per heavy atom. The summed E-state index contributed by atoms with van der Waals surface area (Å²) in [6, 6.07) is 23.6. The van der Waals surface area contributed by atoms with Crippen LogP contribution in [0, 0.1) is 13.8 Å². The number of aromatic nitrogens is 2. The first-order valence-electron chi connectivity index (χ1n) is 13.3. The Morgan fingerprint density at radius 2 is 1.71 bits per heavy atom. The van der Waals surface area contributed by atoms with Gasteiger partial charge in [0.05, 0.1) is 29.6 Å². The highest BCUT2D eigenvalue weighted by atomic mass is 32.1. The maximum absolute atomic E-state index is 10.6. The van der Waals surface area contributed by atoms with Gasteiger partial charge >= 0.3 is 0 Å². The van der Waals surface area contributed by atoms with Crippen LogP contribution >= 0.6 is 12.2 Å². The zero-order valence-corrected chi connectivity index (χ0v) is 22.5. The lowest BCUT2D eigenvalue weighted by Gasteiger charge is -2.28. The molecule has 2 atom stereocenters.